The van der Waals surface area contributed by atoms with Gasteiger partial charge in [-0.1, -0.05) is 57.7 Å². The molecule has 0 heterocycles. The largest absolute Gasteiger partial charge is 0.507 e. The van der Waals surface area contributed by atoms with Crippen molar-refractivity contribution in [3.63, 3.8) is 0 Å². The molecule has 0 atom stereocenters. The van der Waals surface area contributed by atoms with Gasteiger partial charge < -0.3 is 10.3 Å². The maximum absolute atomic E-state index is 9.86. The van der Waals surface area contributed by atoms with Crippen molar-refractivity contribution in [1.29, 1.82) is 0 Å². The van der Waals surface area contributed by atoms with Crippen molar-refractivity contribution >= 4 is 5.71 Å². The van der Waals surface area contributed by atoms with E-state index in [1.165, 1.54) is 31.2 Å². The number of nitrogens with zero attached hydrogens (tertiary/aromatic N) is 1. The van der Waals surface area contributed by atoms with Crippen LogP contribution in [0.4, 0.5) is 0 Å². The predicted octanol–water partition coefficient (Wildman–Crippen LogP) is 4.84. The average Bonchev–Trinajstić information content (AvgIpc) is 2.43. The number of phenolic OH excluding ortho intramolecular Hbond substituents is 1. The number of phenols is 1. The van der Waals surface area contributed by atoms with Crippen LogP contribution in [-0.4, -0.2) is 16.0 Å². The van der Waals surface area contributed by atoms with Crippen LogP contribution in [0, 0.1) is 0 Å². The van der Waals surface area contributed by atoms with Gasteiger partial charge in [0.2, 0.25) is 0 Å². The summed E-state index contributed by atoms with van der Waals surface area (Å²) in [6.07, 6.45) is 6.13. The second-order valence-electron chi connectivity index (χ2n) is 6.11. The maximum atomic E-state index is 9.86. The molecule has 3 heteroatoms. The summed E-state index contributed by atoms with van der Waals surface area (Å²) in [6.45, 7) is 8.35. The number of rotatable bonds is 7. The van der Waals surface area contributed by atoms with Gasteiger partial charge in [-0.15, -0.1) is 0 Å². The molecule has 0 aliphatic rings. The van der Waals surface area contributed by atoms with E-state index in [0.717, 1.165) is 6.42 Å². The van der Waals surface area contributed by atoms with Crippen LogP contribution >= 0.6 is 0 Å². The van der Waals surface area contributed by atoms with Gasteiger partial charge in [0.25, 0.3) is 0 Å². The van der Waals surface area contributed by atoms with Gasteiger partial charge in [0.15, 0.2) is 0 Å². The summed E-state index contributed by atoms with van der Waals surface area (Å²) in [6, 6.07) is 5.58. The summed E-state index contributed by atoms with van der Waals surface area (Å²) in [7, 11) is 0. The molecule has 0 aliphatic heterocycles. The van der Waals surface area contributed by atoms with Crippen LogP contribution in [-0.2, 0) is 5.41 Å². The van der Waals surface area contributed by atoms with E-state index in [1.54, 1.807) is 13.0 Å². The Hall–Kier alpha value is -1.51. The first-order valence-corrected chi connectivity index (χ1v) is 7.45. The third-order valence-electron chi connectivity index (χ3n) is 3.97. The Labute approximate surface area is 122 Å². The van der Waals surface area contributed by atoms with Crippen LogP contribution < -0.4 is 0 Å². The quantitative estimate of drug-likeness (QED) is 0.324. The molecule has 0 amide bonds. The minimum atomic E-state index is 0.0614. The van der Waals surface area contributed by atoms with Crippen molar-refractivity contribution in [2.24, 2.45) is 5.16 Å². The number of unbranched alkanes of at least 4 members (excludes halogenated alkanes) is 3. The molecule has 1 aromatic carbocycles. The summed E-state index contributed by atoms with van der Waals surface area (Å²) in [5, 5.41) is 21.9. The Kier molecular flexibility index (Phi) is 6.05. The molecule has 0 spiro atoms. The molecule has 112 valence electrons. The maximum Gasteiger partial charge on any atom is 0.124 e. The molecule has 0 unspecified atom stereocenters. The SMILES string of the molecule is CCCCCCC(C)(C)c1ccc(O)c(C(C)=NO)c1. The molecular weight excluding hydrogens is 250 g/mol. The fourth-order valence-corrected chi connectivity index (χ4v) is 2.44. The molecule has 1 aromatic rings. The van der Waals surface area contributed by atoms with Crippen LogP contribution in [0.5, 0.6) is 5.75 Å². The van der Waals surface area contributed by atoms with Crippen LogP contribution in [0.25, 0.3) is 0 Å². The highest BCUT2D eigenvalue weighted by Crippen LogP contribution is 2.32. The molecule has 3 nitrogen and oxygen atoms in total. The molecule has 0 radical (unpaired) electrons. The summed E-state index contributed by atoms with van der Waals surface area (Å²) in [5.74, 6) is 0.158. The van der Waals surface area contributed by atoms with Gasteiger partial charge in [-0.3, -0.25) is 0 Å². The molecule has 0 fully saturated rings. The van der Waals surface area contributed by atoms with Crippen molar-refractivity contribution in [1.82, 2.24) is 0 Å². The zero-order valence-corrected chi connectivity index (χ0v) is 13.1. The summed E-state index contributed by atoms with van der Waals surface area (Å²) in [5.41, 5.74) is 2.27. The molecule has 20 heavy (non-hydrogen) atoms. The topological polar surface area (TPSA) is 52.8 Å². The van der Waals surface area contributed by atoms with Crippen LogP contribution in [0.3, 0.4) is 0 Å². The van der Waals surface area contributed by atoms with Crippen LogP contribution in [0.2, 0.25) is 0 Å². The van der Waals surface area contributed by atoms with E-state index in [9.17, 15) is 5.11 Å². The monoisotopic (exact) mass is 277 g/mol. The molecular formula is C17H27NO2. The van der Waals surface area contributed by atoms with E-state index in [4.69, 9.17) is 5.21 Å². The number of hydrogen-bond acceptors (Lipinski definition) is 3. The van der Waals surface area contributed by atoms with Crippen molar-refractivity contribution < 1.29 is 10.3 Å². The summed E-state index contributed by atoms with van der Waals surface area (Å²) >= 11 is 0. The molecule has 0 saturated carbocycles. The van der Waals surface area contributed by atoms with Crippen molar-refractivity contribution in [3.8, 4) is 5.75 Å². The summed E-state index contributed by atoms with van der Waals surface area (Å²) < 4.78 is 0. The lowest BCUT2D eigenvalue weighted by atomic mass is 9.79. The first-order valence-electron chi connectivity index (χ1n) is 7.45. The lowest BCUT2D eigenvalue weighted by Gasteiger charge is -2.26. The van der Waals surface area contributed by atoms with Crippen molar-refractivity contribution in [2.75, 3.05) is 0 Å². The molecule has 0 aromatic heterocycles. The van der Waals surface area contributed by atoms with Gasteiger partial charge >= 0.3 is 0 Å². The standard InChI is InChI=1S/C17H27NO2/c1-5-6-7-8-11-17(3,4)14-9-10-16(19)15(12-14)13(2)18-20/h9-10,12,19-20H,5-8,11H2,1-4H3. The zero-order valence-electron chi connectivity index (χ0n) is 13.1. The van der Waals surface area contributed by atoms with Crippen molar-refractivity contribution in [3.05, 3.63) is 29.3 Å². The van der Waals surface area contributed by atoms with Gasteiger partial charge in [-0.05, 0) is 36.5 Å². The van der Waals surface area contributed by atoms with Crippen molar-refractivity contribution in [2.45, 2.75) is 65.2 Å². The van der Waals surface area contributed by atoms with E-state index < -0.39 is 0 Å². The van der Waals surface area contributed by atoms with Gasteiger partial charge in [0.1, 0.15) is 5.75 Å². The Balaban J connectivity index is 2.89. The van der Waals surface area contributed by atoms with E-state index in [0.29, 0.717) is 11.3 Å². The predicted molar refractivity (Wildman–Crippen MR) is 83.9 cm³/mol. The molecule has 0 aliphatic carbocycles. The highest BCUT2D eigenvalue weighted by molar-refractivity contribution is 6.00. The first kappa shape index (κ1) is 16.5. The Bertz CT molecular complexity index is 464. The van der Waals surface area contributed by atoms with E-state index >= 15 is 0 Å². The average molecular weight is 277 g/mol. The Morgan fingerprint density at radius 1 is 1.20 bits per heavy atom. The fraction of sp³-hybridized carbons (Fsp3) is 0.588. The smallest absolute Gasteiger partial charge is 0.124 e. The highest BCUT2D eigenvalue weighted by Gasteiger charge is 2.21. The highest BCUT2D eigenvalue weighted by atomic mass is 16.4. The summed E-state index contributed by atoms with van der Waals surface area (Å²) in [4.78, 5) is 0. The Morgan fingerprint density at radius 3 is 2.50 bits per heavy atom. The van der Waals surface area contributed by atoms with Crippen LogP contribution in [0.15, 0.2) is 23.4 Å². The first-order chi connectivity index (χ1) is 9.42. The lowest BCUT2D eigenvalue weighted by molar-refractivity contribution is 0.318. The number of aromatic hydroxyl groups is 1. The second kappa shape index (κ2) is 7.32. The van der Waals surface area contributed by atoms with Gasteiger partial charge in [-0.25, -0.2) is 0 Å². The minimum Gasteiger partial charge on any atom is -0.507 e. The number of oxime groups is 1. The normalized spacial score (nSPS) is 12.7. The molecule has 2 N–H and O–H groups in total. The van der Waals surface area contributed by atoms with E-state index in [-0.39, 0.29) is 11.2 Å². The minimum absolute atomic E-state index is 0.0614. The lowest BCUT2D eigenvalue weighted by Crippen LogP contribution is -2.17. The van der Waals surface area contributed by atoms with E-state index in [1.807, 2.05) is 12.1 Å². The third-order valence-corrected chi connectivity index (χ3v) is 3.97. The molecule has 1 rings (SSSR count). The van der Waals surface area contributed by atoms with Gasteiger partial charge in [0.05, 0.1) is 5.71 Å². The zero-order chi connectivity index (χ0) is 15.2. The number of hydrogen-bond donors (Lipinski definition) is 2. The van der Waals surface area contributed by atoms with Gasteiger partial charge in [0, 0.05) is 5.56 Å². The fourth-order valence-electron chi connectivity index (χ4n) is 2.44. The second-order valence-corrected chi connectivity index (χ2v) is 6.11. The van der Waals surface area contributed by atoms with E-state index in [2.05, 4.69) is 25.9 Å². The third kappa shape index (κ3) is 4.26. The Morgan fingerprint density at radius 2 is 1.90 bits per heavy atom. The van der Waals surface area contributed by atoms with Crippen LogP contribution in [0.1, 0.15) is 70.9 Å². The van der Waals surface area contributed by atoms with Gasteiger partial charge in [-0.2, -0.15) is 0 Å². The number of benzene rings is 1. The molecule has 0 saturated heterocycles. The molecule has 0 bridgehead atoms.